The Bertz CT molecular complexity index is 1080. The highest BCUT2D eigenvalue weighted by atomic mass is 32.2. The van der Waals surface area contributed by atoms with Crippen LogP contribution in [0.3, 0.4) is 0 Å². The van der Waals surface area contributed by atoms with Gasteiger partial charge in [0.2, 0.25) is 15.8 Å². The number of carbonyl (C=O) groups excluding carboxylic acids is 2. The van der Waals surface area contributed by atoms with E-state index < -0.39 is 22.6 Å². The first-order chi connectivity index (χ1) is 14.1. The van der Waals surface area contributed by atoms with Gasteiger partial charge in [0.15, 0.2) is 6.61 Å². The average Bonchev–Trinajstić information content (AvgIpc) is 3.24. The fraction of sp³-hybridized carbons (Fsp3) is 0.429. The zero-order valence-electron chi connectivity index (χ0n) is 17.5. The lowest BCUT2D eigenvalue weighted by Gasteiger charge is -2.25. The Morgan fingerprint density at radius 3 is 2.40 bits per heavy atom. The zero-order valence-corrected chi connectivity index (χ0v) is 19.9. The Balaban J connectivity index is 1.76. The summed E-state index contributed by atoms with van der Waals surface area (Å²) < 4.78 is 32.5. The lowest BCUT2D eigenvalue weighted by atomic mass is 9.93. The molecule has 0 atom stereocenters. The Kier molecular flexibility index (Phi) is 7.06. The molecule has 1 fully saturated rings. The highest BCUT2D eigenvalue weighted by Gasteiger charge is 2.32. The van der Waals surface area contributed by atoms with Crippen LogP contribution in [0.25, 0.3) is 0 Å². The van der Waals surface area contributed by atoms with Crippen molar-refractivity contribution in [3.63, 3.8) is 0 Å². The first kappa shape index (κ1) is 23.0. The number of sulfonamides is 1. The molecule has 162 valence electrons. The van der Waals surface area contributed by atoms with Gasteiger partial charge >= 0.3 is 5.97 Å². The summed E-state index contributed by atoms with van der Waals surface area (Å²) in [7, 11) is -3.76. The van der Waals surface area contributed by atoms with Gasteiger partial charge < -0.3 is 4.74 Å². The number of nitrogens with zero attached hydrogens (tertiary/aromatic N) is 1. The van der Waals surface area contributed by atoms with E-state index in [2.05, 4.69) is 0 Å². The Morgan fingerprint density at radius 2 is 1.73 bits per heavy atom. The summed E-state index contributed by atoms with van der Waals surface area (Å²) in [5.74, 6) is 0.362. The van der Waals surface area contributed by atoms with Gasteiger partial charge in [0.25, 0.3) is 0 Å². The van der Waals surface area contributed by atoms with Crippen molar-refractivity contribution in [2.24, 2.45) is 0 Å². The number of rotatable bonds is 6. The molecule has 1 aromatic heterocycles. The van der Waals surface area contributed by atoms with Crippen LogP contribution in [0.15, 0.2) is 22.4 Å². The van der Waals surface area contributed by atoms with E-state index in [1.54, 1.807) is 17.1 Å². The molecule has 0 unspecified atom stereocenters. The molecule has 9 heteroatoms. The maximum atomic E-state index is 12.9. The van der Waals surface area contributed by atoms with E-state index >= 15 is 0 Å². The highest BCUT2D eigenvalue weighted by molar-refractivity contribution is 7.99. The van der Waals surface area contributed by atoms with Gasteiger partial charge in [-0.05, 0) is 67.5 Å². The maximum absolute atomic E-state index is 12.9. The molecule has 0 radical (unpaired) electrons. The summed E-state index contributed by atoms with van der Waals surface area (Å²) in [5.41, 5.74) is 4.55. The predicted octanol–water partition coefficient (Wildman–Crippen LogP) is 3.76. The summed E-state index contributed by atoms with van der Waals surface area (Å²) in [6.45, 7) is 8.18. The molecule has 0 aliphatic carbocycles. The van der Waals surface area contributed by atoms with Crippen LogP contribution < -0.4 is 0 Å². The number of benzene rings is 1. The van der Waals surface area contributed by atoms with Gasteiger partial charge in [0.05, 0.1) is 0 Å². The lowest BCUT2D eigenvalue weighted by Crippen LogP contribution is -2.38. The summed E-state index contributed by atoms with van der Waals surface area (Å²) in [4.78, 5) is 25.3. The monoisotopic (exact) mass is 467 g/mol. The van der Waals surface area contributed by atoms with E-state index in [-0.39, 0.29) is 15.6 Å². The van der Waals surface area contributed by atoms with Crippen LogP contribution in [-0.2, 0) is 14.8 Å². The van der Waals surface area contributed by atoms with Crippen LogP contribution in [0.5, 0.6) is 0 Å². The number of hydrogen-bond donors (Lipinski definition) is 0. The molecule has 1 aliphatic heterocycles. The standard InChI is InChI=1S/C21H25NO5S3/c1-13-11-17(16(4)15(3)14(13)2)18(23)12-27-21(24)20-19(5-8-29-20)30(25,26)22-6-9-28-10-7-22/h5,8,11H,6-7,9-10,12H2,1-4H3. The first-order valence-electron chi connectivity index (χ1n) is 9.57. The van der Waals surface area contributed by atoms with Crippen molar-refractivity contribution in [2.45, 2.75) is 32.6 Å². The molecule has 1 saturated heterocycles. The third kappa shape index (κ3) is 4.49. The SMILES string of the molecule is Cc1cc(C(=O)COC(=O)c2sccc2S(=O)(=O)N2CCSCC2)c(C)c(C)c1C. The summed E-state index contributed by atoms with van der Waals surface area (Å²) in [6.07, 6.45) is 0. The summed E-state index contributed by atoms with van der Waals surface area (Å²) in [6, 6.07) is 3.24. The quantitative estimate of drug-likeness (QED) is 0.475. The maximum Gasteiger partial charge on any atom is 0.350 e. The molecular formula is C21H25NO5S3. The first-order valence-corrected chi connectivity index (χ1v) is 13.0. The minimum absolute atomic E-state index is 0.00835. The predicted molar refractivity (Wildman–Crippen MR) is 120 cm³/mol. The van der Waals surface area contributed by atoms with E-state index in [0.29, 0.717) is 18.7 Å². The van der Waals surface area contributed by atoms with Gasteiger partial charge in [-0.2, -0.15) is 16.1 Å². The molecule has 2 aromatic rings. The van der Waals surface area contributed by atoms with Gasteiger partial charge in [-0.15, -0.1) is 11.3 Å². The van der Waals surface area contributed by atoms with Crippen molar-refractivity contribution in [1.29, 1.82) is 0 Å². The number of carbonyl (C=O) groups is 2. The van der Waals surface area contributed by atoms with Crippen molar-refractivity contribution in [2.75, 3.05) is 31.2 Å². The Morgan fingerprint density at radius 1 is 1.07 bits per heavy atom. The van der Waals surface area contributed by atoms with E-state index in [1.807, 2.05) is 33.8 Å². The van der Waals surface area contributed by atoms with E-state index in [0.717, 1.165) is 45.1 Å². The van der Waals surface area contributed by atoms with E-state index in [4.69, 9.17) is 4.74 Å². The van der Waals surface area contributed by atoms with Gasteiger partial charge in [-0.25, -0.2) is 13.2 Å². The molecule has 0 spiro atoms. The van der Waals surface area contributed by atoms with Crippen LogP contribution in [-0.4, -0.2) is 55.7 Å². The molecular weight excluding hydrogens is 442 g/mol. The topological polar surface area (TPSA) is 80.8 Å². The van der Waals surface area contributed by atoms with Crippen LogP contribution in [0.1, 0.15) is 42.3 Å². The van der Waals surface area contributed by atoms with Crippen LogP contribution in [0.2, 0.25) is 0 Å². The van der Waals surface area contributed by atoms with Crippen molar-refractivity contribution >= 4 is 44.9 Å². The molecule has 6 nitrogen and oxygen atoms in total. The fourth-order valence-electron chi connectivity index (χ4n) is 3.35. The van der Waals surface area contributed by atoms with Gasteiger partial charge in [0, 0.05) is 30.2 Å². The second kappa shape index (κ2) is 9.21. The average molecular weight is 468 g/mol. The smallest absolute Gasteiger partial charge is 0.350 e. The molecule has 0 bridgehead atoms. The minimum Gasteiger partial charge on any atom is -0.453 e. The van der Waals surface area contributed by atoms with Crippen molar-refractivity contribution in [1.82, 2.24) is 4.31 Å². The zero-order chi connectivity index (χ0) is 22.1. The normalized spacial score (nSPS) is 15.2. The third-order valence-corrected chi connectivity index (χ3v) is 9.43. The van der Waals surface area contributed by atoms with Gasteiger partial charge in [0.1, 0.15) is 9.77 Å². The van der Waals surface area contributed by atoms with Crippen LogP contribution in [0, 0.1) is 27.7 Å². The number of ether oxygens (including phenoxy) is 1. The second-order valence-electron chi connectivity index (χ2n) is 7.25. The third-order valence-electron chi connectivity index (χ3n) is 5.52. The number of thiophene rings is 1. The number of aryl methyl sites for hydroxylation is 1. The minimum atomic E-state index is -3.76. The van der Waals surface area contributed by atoms with Gasteiger partial charge in [-0.3, -0.25) is 4.79 Å². The molecule has 0 N–H and O–H groups in total. The number of ketones is 1. The highest BCUT2D eigenvalue weighted by Crippen LogP contribution is 2.28. The number of esters is 1. The van der Waals surface area contributed by atoms with Crippen molar-refractivity contribution in [3.8, 4) is 0 Å². The molecule has 1 aromatic carbocycles. The van der Waals surface area contributed by atoms with Crippen LogP contribution in [0.4, 0.5) is 0 Å². The fourth-order valence-corrected chi connectivity index (χ4v) is 7.21. The molecule has 30 heavy (non-hydrogen) atoms. The molecule has 0 saturated carbocycles. The summed E-state index contributed by atoms with van der Waals surface area (Å²) >= 11 is 2.71. The van der Waals surface area contributed by atoms with Crippen LogP contribution >= 0.6 is 23.1 Å². The van der Waals surface area contributed by atoms with Gasteiger partial charge in [-0.1, -0.05) is 0 Å². The molecule has 3 rings (SSSR count). The molecule has 1 aliphatic rings. The Hall–Kier alpha value is -1.68. The Labute approximate surface area is 185 Å². The van der Waals surface area contributed by atoms with Crippen molar-refractivity contribution < 1.29 is 22.7 Å². The lowest BCUT2D eigenvalue weighted by molar-refractivity contribution is 0.0476. The molecule has 0 amide bonds. The number of thioether (sulfide) groups is 1. The summed E-state index contributed by atoms with van der Waals surface area (Å²) in [5, 5.41) is 1.56. The van der Waals surface area contributed by atoms with E-state index in [1.165, 1.54) is 10.4 Å². The largest absolute Gasteiger partial charge is 0.453 e. The number of Topliss-reactive ketones (excluding diaryl/α,β-unsaturated/α-hetero) is 1. The van der Waals surface area contributed by atoms with E-state index in [9.17, 15) is 18.0 Å². The second-order valence-corrected chi connectivity index (χ2v) is 11.3. The number of hydrogen-bond acceptors (Lipinski definition) is 7. The van der Waals surface area contributed by atoms with Crippen molar-refractivity contribution in [3.05, 3.63) is 50.2 Å². The molecule has 2 heterocycles.